The number of carbonyl (C=O) groups excluding carboxylic acids is 1. The van der Waals surface area contributed by atoms with E-state index < -0.39 is 23.2 Å². The highest BCUT2D eigenvalue weighted by molar-refractivity contribution is 6.09. The molecule has 0 amide bonds. The van der Waals surface area contributed by atoms with E-state index >= 15 is 0 Å². The standard InChI is InChI=1S/C16H13F3O/c1-8-6-12(14(18)7-13(8)17)16(20)11-4-9(2)15(19)10(3)5-11/h4-7H,1-3H3. The smallest absolute Gasteiger partial charge is 0.196 e. The average molecular weight is 278 g/mol. The first-order valence-electron chi connectivity index (χ1n) is 6.08. The summed E-state index contributed by atoms with van der Waals surface area (Å²) in [7, 11) is 0. The molecule has 4 heteroatoms. The van der Waals surface area contributed by atoms with Gasteiger partial charge in [-0.25, -0.2) is 13.2 Å². The first kappa shape index (κ1) is 14.3. The van der Waals surface area contributed by atoms with Gasteiger partial charge in [-0.15, -0.1) is 0 Å². The van der Waals surface area contributed by atoms with Crippen LogP contribution in [0, 0.1) is 38.2 Å². The molecule has 20 heavy (non-hydrogen) atoms. The second-order valence-corrected chi connectivity index (χ2v) is 4.83. The minimum absolute atomic E-state index is 0.185. The summed E-state index contributed by atoms with van der Waals surface area (Å²) in [5.41, 5.74) is 0.783. The summed E-state index contributed by atoms with van der Waals surface area (Å²) in [6.45, 7) is 4.52. The Labute approximate surface area is 115 Å². The van der Waals surface area contributed by atoms with Gasteiger partial charge in [0.25, 0.3) is 0 Å². The highest BCUT2D eigenvalue weighted by Crippen LogP contribution is 2.21. The number of hydrogen-bond donors (Lipinski definition) is 0. The van der Waals surface area contributed by atoms with Crippen molar-refractivity contribution in [3.8, 4) is 0 Å². The summed E-state index contributed by atoms with van der Waals surface area (Å²) in [5, 5.41) is 0. The first-order valence-corrected chi connectivity index (χ1v) is 6.08. The molecule has 2 aromatic rings. The minimum atomic E-state index is -0.919. The van der Waals surface area contributed by atoms with Crippen LogP contribution in [0.4, 0.5) is 13.2 Å². The molecule has 0 aliphatic heterocycles. The zero-order valence-corrected chi connectivity index (χ0v) is 11.4. The van der Waals surface area contributed by atoms with E-state index in [4.69, 9.17) is 0 Å². The van der Waals surface area contributed by atoms with Crippen molar-refractivity contribution in [2.75, 3.05) is 0 Å². The van der Waals surface area contributed by atoms with Gasteiger partial charge in [0.1, 0.15) is 17.5 Å². The SMILES string of the molecule is Cc1cc(C(=O)c2cc(C)c(F)c(C)c2)c(F)cc1F. The zero-order chi connectivity index (χ0) is 15.0. The van der Waals surface area contributed by atoms with Crippen LogP contribution < -0.4 is 0 Å². The number of rotatable bonds is 2. The molecule has 0 aromatic heterocycles. The van der Waals surface area contributed by atoms with Crippen LogP contribution in [-0.4, -0.2) is 5.78 Å². The zero-order valence-electron chi connectivity index (χ0n) is 11.4. The van der Waals surface area contributed by atoms with Crippen molar-refractivity contribution in [3.05, 3.63) is 69.5 Å². The first-order chi connectivity index (χ1) is 9.31. The van der Waals surface area contributed by atoms with Crippen molar-refractivity contribution >= 4 is 5.78 Å². The molecule has 104 valence electrons. The highest BCUT2D eigenvalue weighted by Gasteiger charge is 2.18. The van der Waals surface area contributed by atoms with Gasteiger partial charge in [-0.1, -0.05) is 0 Å². The van der Waals surface area contributed by atoms with Crippen molar-refractivity contribution < 1.29 is 18.0 Å². The maximum absolute atomic E-state index is 13.7. The molecule has 0 spiro atoms. The van der Waals surface area contributed by atoms with E-state index in [2.05, 4.69) is 0 Å². The Morgan fingerprint density at radius 2 is 1.35 bits per heavy atom. The monoisotopic (exact) mass is 278 g/mol. The van der Waals surface area contributed by atoms with Gasteiger partial charge in [0.05, 0.1) is 5.56 Å². The highest BCUT2D eigenvalue weighted by atomic mass is 19.1. The molecule has 0 saturated heterocycles. The predicted octanol–water partition coefficient (Wildman–Crippen LogP) is 4.26. The fraction of sp³-hybridized carbons (Fsp3) is 0.188. The van der Waals surface area contributed by atoms with Crippen LogP contribution in [-0.2, 0) is 0 Å². The lowest BCUT2D eigenvalue weighted by Crippen LogP contribution is -2.07. The van der Waals surface area contributed by atoms with Gasteiger partial charge in [0.2, 0.25) is 0 Å². The molecule has 0 fully saturated rings. The van der Waals surface area contributed by atoms with Crippen LogP contribution in [0.3, 0.4) is 0 Å². The van der Waals surface area contributed by atoms with Crippen LogP contribution in [0.5, 0.6) is 0 Å². The Morgan fingerprint density at radius 3 is 1.90 bits per heavy atom. The summed E-state index contributed by atoms with van der Waals surface area (Å²) < 4.78 is 40.5. The molecule has 0 N–H and O–H groups in total. The van der Waals surface area contributed by atoms with Gasteiger partial charge in [0, 0.05) is 11.6 Å². The number of ketones is 1. The molecule has 0 bridgehead atoms. The molecule has 0 unspecified atom stereocenters. The minimum Gasteiger partial charge on any atom is -0.288 e. The van der Waals surface area contributed by atoms with E-state index in [1.807, 2.05) is 0 Å². The van der Waals surface area contributed by atoms with Gasteiger partial charge in [-0.2, -0.15) is 0 Å². The van der Waals surface area contributed by atoms with Gasteiger partial charge in [0.15, 0.2) is 5.78 Å². The summed E-state index contributed by atoms with van der Waals surface area (Å²) in [6, 6.07) is 4.58. The lowest BCUT2D eigenvalue weighted by atomic mass is 9.97. The average Bonchev–Trinajstić information content (AvgIpc) is 2.38. The molecule has 0 aliphatic rings. The van der Waals surface area contributed by atoms with E-state index in [-0.39, 0.29) is 16.7 Å². The normalized spacial score (nSPS) is 10.7. The second-order valence-electron chi connectivity index (χ2n) is 4.83. The molecule has 0 saturated carbocycles. The Morgan fingerprint density at radius 1 is 0.800 bits per heavy atom. The van der Waals surface area contributed by atoms with Crippen LogP contribution in [0.2, 0.25) is 0 Å². The quantitative estimate of drug-likeness (QED) is 0.750. The fourth-order valence-electron chi connectivity index (χ4n) is 2.06. The number of carbonyl (C=O) groups is 1. The number of benzene rings is 2. The topological polar surface area (TPSA) is 17.1 Å². The van der Waals surface area contributed by atoms with E-state index in [1.165, 1.54) is 39.0 Å². The maximum Gasteiger partial charge on any atom is 0.196 e. The van der Waals surface area contributed by atoms with Crippen molar-refractivity contribution in [1.29, 1.82) is 0 Å². The molecule has 0 aliphatic carbocycles. The van der Waals surface area contributed by atoms with Gasteiger partial charge >= 0.3 is 0 Å². The number of halogens is 3. The molecule has 2 rings (SSSR count). The van der Waals surface area contributed by atoms with Crippen molar-refractivity contribution in [2.45, 2.75) is 20.8 Å². The Kier molecular flexibility index (Phi) is 3.66. The maximum atomic E-state index is 13.7. The van der Waals surface area contributed by atoms with Crippen LogP contribution in [0.1, 0.15) is 32.6 Å². The van der Waals surface area contributed by atoms with Crippen LogP contribution in [0.15, 0.2) is 24.3 Å². The molecule has 1 nitrogen and oxygen atoms in total. The molecule has 0 atom stereocenters. The van der Waals surface area contributed by atoms with Crippen molar-refractivity contribution in [1.82, 2.24) is 0 Å². The molecule has 0 radical (unpaired) electrons. The van der Waals surface area contributed by atoms with Crippen molar-refractivity contribution in [2.24, 2.45) is 0 Å². The third kappa shape index (κ3) is 2.46. The van der Waals surface area contributed by atoms with Crippen molar-refractivity contribution in [3.63, 3.8) is 0 Å². The fourth-order valence-corrected chi connectivity index (χ4v) is 2.06. The molecular weight excluding hydrogens is 265 g/mol. The molecular formula is C16H13F3O. The summed E-state index contributed by atoms with van der Waals surface area (Å²) in [5.74, 6) is -2.60. The second kappa shape index (κ2) is 5.12. The number of hydrogen-bond acceptors (Lipinski definition) is 1. The van der Waals surface area contributed by atoms with Gasteiger partial charge < -0.3 is 0 Å². The van der Waals surface area contributed by atoms with E-state index in [1.54, 1.807) is 0 Å². The van der Waals surface area contributed by atoms with Gasteiger partial charge in [-0.3, -0.25) is 4.79 Å². The predicted molar refractivity (Wildman–Crippen MR) is 70.4 cm³/mol. The van der Waals surface area contributed by atoms with E-state index in [0.29, 0.717) is 17.2 Å². The van der Waals surface area contributed by atoms with Gasteiger partial charge in [-0.05, 0) is 55.7 Å². The van der Waals surface area contributed by atoms with Crippen LogP contribution >= 0.6 is 0 Å². The van der Waals surface area contributed by atoms with E-state index in [0.717, 1.165) is 0 Å². The summed E-state index contributed by atoms with van der Waals surface area (Å²) in [4.78, 5) is 12.3. The Hall–Kier alpha value is -2.10. The largest absolute Gasteiger partial charge is 0.288 e. The lowest BCUT2D eigenvalue weighted by molar-refractivity contribution is 0.103. The third-order valence-electron chi connectivity index (χ3n) is 3.19. The molecule has 0 heterocycles. The third-order valence-corrected chi connectivity index (χ3v) is 3.19. The summed E-state index contributed by atoms with van der Waals surface area (Å²) >= 11 is 0. The Balaban J connectivity index is 2.55. The Bertz CT molecular complexity index is 682. The number of aryl methyl sites for hydroxylation is 3. The van der Waals surface area contributed by atoms with Crippen LogP contribution in [0.25, 0.3) is 0 Å². The van der Waals surface area contributed by atoms with E-state index in [9.17, 15) is 18.0 Å². The molecule has 2 aromatic carbocycles. The summed E-state index contributed by atoms with van der Waals surface area (Å²) in [6.07, 6.45) is 0. The lowest BCUT2D eigenvalue weighted by Gasteiger charge is -2.08.